The predicted octanol–water partition coefficient (Wildman–Crippen LogP) is 3.01. The quantitative estimate of drug-likeness (QED) is 0.761. The molecule has 0 N–H and O–H groups in total. The van der Waals surface area contributed by atoms with Crippen molar-refractivity contribution in [3.63, 3.8) is 0 Å². The first-order chi connectivity index (χ1) is 11.5. The van der Waals surface area contributed by atoms with Gasteiger partial charge in [0.05, 0.1) is 19.0 Å². The van der Waals surface area contributed by atoms with Crippen LogP contribution in [0, 0.1) is 0 Å². The summed E-state index contributed by atoms with van der Waals surface area (Å²) in [5.41, 5.74) is 2.71. The average molecular weight is 330 g/mol. The number of para-hydroxylation sites is 1. The highest BCUT2D eigenvalue weighted by molar-refractivity contribution is 6.08. The Bertz CT molecular complexity index is 688. The first-order valence-corrected chi connectivity index (χ1v) is 7.97. The number of anilines is 1. The number of ether oxygens (including phenoxy) is 1. The minimum atomic E-state index is -0.786. The SMILES string of the molecule is CCc1cccc(CC)c1N(C(=O)c1ccno1)C(C)C(=O)OC. The normalized spacial score (nSPS) is 11.8. The molecule has 24 heavy (non-hydrogen) atoms. The fourth-order valence-electron chi connectivity index (χ4n) is 2.72. The number of hydrogen-bond acceptors (Lipinski definition) is 5. The Morgan fingerprint density at radius 1 is 1.21 bits per heavy atom. The fraction of sp³-hybridized carbons (Fsp3) is 0.389. The first kappa shape index (κ1) is 17.7. The number of rotatable bonds is 6. The van der Waals surface area contributed by atoms with Crippen molar-refractivity contribution in [1.82, 2.24) is 5.16 Å². The van der Waals surface area contributed by atoms with Gasteiger partial charge in [0.2, 0.25) is 5.76 Å². The molecule has 0 aliphatic rings. The van der Waals surface area contributed by atoms with E-state index in [1.54, 1.807) is 6.92 Å². The molecule has 2 rings (SSSR count). The molecule has 0 bridgehead atoms. The summed E-state index contributed by atoms with van der Waals surface area (Å²) in [5, 5.41) is 3.59. The zero-order valence-corrected chi connectivity index (χ0v) is 14.4. The standard InChI is InChI=1S/C18H22N2O4/c1-5-13-8-7-9-14(6-2)16(13)20(12(3)18(22)23-4)17(21)15-10-11-19-24-15/h7-12H,5-6H2,1-4H3. The van der Waals surface area contributed by atoms with Gasteiger partial charge < -0.3 is 9.26 Å². The van der Waals surface area contributed by atoms with Crippen molar-refractivity contribution in [2.45, 2.75) is 39.7 Å². The van der Waals surface area contributed by atoms with Crippen LogP contribution in [0.15, 0.2) is 35.0 Å². The molecule has 6 nitrogen and oxygen atoms in total. The molecule has 0 aliphatic heterocycles. The maximum atomic E-state index is 13.0. The molecule has 0 spiro atoms. The molecule has 0 saturated carbocycles. The van der Waals surface area contributed by atoms with Crippen LogP contribution < -0.4 is 4.90 Å². The summed E-state index contributed by atoms with van der Waals surface area (Å²) in [6.45, 7) is 5.67. The highest BCUT2D eigenvalue weighted by Crippen LogP contribution is 2.30. The summed E-state index contributed by atoms with van der Waals surface area (Å²) in [6.07, 6.45) is 2.87. The highest BCUT2D eigenvalue weighted by Gasteiger charge is 2.33. The second kappa shape index (κ2) is 7.77. The lowest BCUT2D eigenvalue weighted by Crippen LogP contribution is -2.45. The van der Waals surface area contributed by atoms with Crippen molar-refractivity contribution in [2.24, 2.45) is 0 Å². The van der Waals surface area contributed by atoms with E-state index in [0.717, 1.165) is 29.7 Å². The fourth-order valence-corrected chi connectivity index (χ4v) is 2.72. The Morgan fingerprint density at radius 2 is 1.83 bits per heavy atom. The first-order valence-electron chi connectivity index (χ1n) is 7.97. The number of esters is 1. The largest absolute Gasteiger partial charge is 0.467 e. The molecule has 1 aromatic heterocycles. The second-order valence-corrected chi connectivity index (χ2v) is 5.38. The van der Waals surface area contributed by atoms with Gasteiger partial charge in [0.1, 0.15) is 6.04 Å². The molecular weight excluding hydrogens is 308 g/mol. The zero-order chi connectivity index (χ0) is 17.7. The van der Waals surface area contributed by atoms with E-state index in [4.69, 9.17) is 9.26 Å². The molecule has 6 heteroatoms. The van der Waals surface area contributed by atoms with Gasteiger partial charge in [0.25, 0.3) is 5.91 Å². The van der Waals surface area contributed by atoms with Gasteiger partial charge >= 0.3 is 5.97 Å². The smallest absolute Gasteiger partial charge is 0.328 e. The number of nitrogens with zero attached hydrogens (tertiary/aromatic N) is 2. The Morgan fingerprint density at radius 3 is 2.29 bits per heavy atom. The van der Waals surface area contributed by atoms with E-state index in [0.29, 0.717) is 0 Å². The Kier molecular flexibility index (Phi) is 5.73. The van der Waals surface area contributed by atoms with Crippen molar-refractivity contribution < 1.29 is 18.8 Å². The van der Waals surface area contributed by atoms with Gasteiger partial charge in [-0.2, -0.15) is 0 Å². The molecule has 2 aromatic rings. The number of carbonyl (C=O) groups excluding carboxylic acids is 2. The molecule has 1 aromatic carbocycles. The van der Waals surface area contributed by atoms with Gasteiger partial charge in [0.15, 0.2) is 0 Å². The third-order valence-electron chi connectivity index (χ3n) is 4.00. The van der Waals surface area contributed by atoms with Crippen molar-refractivity contribution >= 4 is 17.6 Å². The minimum absolute atomic E-state index is 0.0821. The monoisotopic (exact) mass is 330 g/mol. The Hall–Kier alpha value is -2.63. The maximum absolute atomic E-state index is 13.0. The van der Waals surface area contributed by atoms with Crippen molar-refractivity contribution in [3.05, 3.63) is 47.3 Å². The summed E-state index contributed by atoms with van der Waals surface area (Å²) in [6, 6.07) is 6.57. The molecule has 1 heterocycles. The number of amides is 1. The van der Waals surface area contributed by atoms with E-state index >= 15 is 0 Å². The van der Waals surface area contributed by atoms with E-state index in [-0.39, 0.29) is 5.76 Å². The molecule has 0 aliphatic carbocycles. The van der Waals surface area contributed by atoms with E-state index in [1.165, 1.54) is 24.3 Å². The number of carbonyl (C=O) groups is 2. The lowest BCUT2D eigenvalue weighted by Gasteiger charge is -2.30. The Labute approximate surface area is 141 Å². The van der Waals surface area contributed by atoms with Gasteiger partial charge in [0, 0.05) is 6.07 Å². The van der Waals surface area contributed by atoms with Gasteiger partial charge in [-0.3, -0.25) is 9.69 Å². The van der Waals surface area contributed by atoms with Crippen LogP contribution in [-0.4, -0.2) is 30.2 Å². The van der Waals surface area contributed by atoms with Crippen LogP contribution in [0.3, 0.4) is 0 Å². The van der Waals surface area contributed by atoms with Crippen LogP contribution in [0.2, 0.25) is 0 Å². The summed E-state index contributed by atoms with van der Waals surface area (Å²) in [4.78, 5) is 26.6. The predicted molar refractivity (Wildman–Crippen MR) is 90.0 cm³/mol. The molecule has 0 saturated heterocycles. The summed E-state index contributed by atoms with van der Waals surface area (Å²) in [5.74, 6) is -0.824. The molecule has 0 fully saturated rings. The van der Waals surface area contributed by atoms with Gasteiger partial charge in [-0.25, -0.2) is 4.79 Å². The van der Waals surface area contributed by atoms with Crippen molar-refractivity contribution in [3.8, 4) is 0 Å². The highest BCUT2D eigenvalue weighted by atomic mass is 16.5. The summed E-state index contributed by atoms with van der Waals surface area (Å²) < 4.78 is 9.86. The van der Waals surface area contributed by atoms with Crippen LogP contribution in [-0.2, 0) is 22.4 Å². The number of hydrogen-bond donors (Lipinski definition) is 0. The average Bonchev–Trinajstić information content (AvgIpc) is 3.15. The van der Waals surface area contributed by atoms with Crippen molar-refractivity contribution in [1.29, 1.82) is 0 Å². The number of methoxy groups -OCH3 is 1. The minimum Gasteiger partial charge on any atom is -0.467 e. The second-order valence-electron chi connectivity index (χ2n) is 5.38. The van der Waals surface area contributed by atoms with Gasteiger partial charge in [-0.05, 0) is 30.9 Å². The number of benzene rings is 1. The molecule has 0 radical (unpaired) electrons. The number of aromatic nitrogens is 1. The van der Waals surface area contributed by atoms with Crippen LogP contribution in [0.4, 0.5) is 5.69 Å². The van der Waals surface area contributed by atoms with E-state index in [1.807, 2.05) is 32.0 Å². The van der Waals surface area contributed by atoms with Crippen molar-refractivity contribution in [2.75, 3.05) is 12.0 Å². The lowest BCUT2D eigenvalue weighted by molar-refractivity contribution is -0.141. The number of aryl methyl sites for hydroxylation is 2. The topological polar surface area (TPSA) is 72.6 Å². The van der Waals surface area contributed by atoms with Crippen LogP contribution >= 0.6 is 0 Å². The van der Waals surface area contributed by atoms with E-state index < -0.39 is 17.9 Å². The molecule has 1 atom stereocenters. The molecule has 128 valence electrons. The van der Waals surface area contributed by atoms with E-state index in [2.05, 4.69) is 5.16 Å². The third kappa shape index (κ3) is 3.32. The van der Waals surface area contributed by atoms with Gasteiger partial charge in [-0.15, -0.1) is 0 Å². The van der Waals surface area contributed by atoms with Gasteiger partial charge in [-0.1, -0.05) is 37.2 Å². The molecular formula is C18H22N2O4. The zero-order valence-electron chi connectivity index (χ0n) is 14.4. The summed E-state index contributed by atoms with van der Waals surface area (Å²) in [7, 11) is 1.31. The lowest BCUT2D eigenvalue weighted by atomic mass is 10.00. The van der Waals surface area contributed by atoms with E-state index in [9.17, 15) is 9.59 Å². The molecule has 1 amide bonds. The van der Waals surface area contributed by atoms with Crippen LogP contribution in [0.25, 0.3) is 0 Å². The maximum Gasteiger partial charge on any atom is 0.328 e. The van der Waals surface area contributed by atoms with Crippen LogP contribution in [0.5, 0.6) is 0 Å². The molecule has 1 unspecified atom stereocenters. The third-order valence-corrected chi connectivity index (χ3v) is 4.00. The Balaban J connectivity index is 2.63. The summed E-state index contributed by atoms with van der Waals surface area (Å²) >= 11 is 0. The van der Waals surface area contributed by atoms with Crippen LogP contribution in [0.1, 0.15) is 42.5 Å².